The van der Waals surface area contributed by atoms with E-state index in [9.17, 15) is 4.79 Å². The number of hydrogen-bond donors (Lipinski definition) is 1. The summed E-state index contributed by atoms with van der Waals surface area (Å²) in [6, 6.07) is 1.65. The Morgan fingerprint density at radius 1 is 1.61 bits per heavy atom. The van der Waals surface area contributed by atoms with Gasteiger partial charge in [-0.25, -0.2) is 4.98 Å². The standard InChI is InChI=1S/C13H20ClN3O/c1-5-9(2)8-17(4)13(18)10-6-11(14)12(15-3)16-7-10/h6-7,9H,5,8H2,1-4H3,(H,15,16). The number of anilines is 1. The van der Waals surface area contributed by atoms with Crippen molar-refractivity contribution in [2.24, 2.45) is 5.92 Å². The third kappa shape index (κ3) is 3.60. The van der Waals surface area contributed by atoms with Crippen LogP contribution in [-0.2, 0) is 0 Å². The van der Waals surface area contributed by atoms with Gasteiger partial charge in [0, 0.05) is 26.8 Å². The summed E-state index contributed by atoms with van der Waals surface area (Å²) in [4.78, 5) is 18.0. The van der Waals surface area contributed by atoms with E-state index in [1.165, 1.54) is 0 Å². The highest BCUT2D eigenvalue weighted by Gasteiger charge is 2.15. The van der Waals surface area contributed by atoms with Gasteiger partial charge in [-0.15, -0.1) is 0 Å². The fraction of sp³-hybridized carbons (Fsp3) is 0.538. The Balaban J connectivity index is 2.80. The summed E-state index contributed by atoms with van der Waals surface area (Å²) in [5, 5.41) is 3.32. The highest BCUT2D eigenvalue weighted by molar-refractivity contribution is 6.33. The molecule has 0 saturated carbocycles. The topological polar surface area (TPSA) is 45.2 Å². The van der Waals surface area contributed by atoms with E-state index in [1.807, 2.05) is 0 Å². The molecular formula is C13H20ClN3O. The number of rotatable bonds is 5. The molecule has 1 aromatic rings. The van der Waals surface area contributed by atoms with E-state index >= 15 is 0 Å². The van der Waals surface area contributed by atoms with E-state index in [0.29, 0.717) is 22.3 Å². The number of nitrogens with zero attached hydrogens (tertiary/aromatic N) is 2. The molecule has 1 atom stereocenters. The molecule has 0 bridgehead atoms. The molecule has 1 heterocycles. The quantitative estimate of drug-likeness (QED) is 0.894. The van der Waals surface area contributed by atoms with Gasteiger partial charge in [-0.1, -0.05) is 31.9 Å². The molecular weight excluding hydrogens is 250 g/mol. The van der Waals surface area contributed by atoms with Gasteiger partial charge in [0.05, 0.1) is 10.6 Å². The summed E-state index contributed by atoms with van der Waals surface area (Å²) < 4.78 is 0. The normalized spacial score (nSPS) is 12.1. The van der Waals surface area contributed by atoms with Gasteiger partial charge in [-0.05, 0) is 12.0 Å². The number of carbonyl (C=O) groups excluding carboxylic acids is 1. The van der Waals surface area contributed by atoms with Crippen LogP contribution in [0, 0.1) is 5.92 Å². The van der Waals surface area contributed by atoms with E-state index in [1.54, 1.807) is 31.3 Å². The minimum Gasteiger partial charge on any atom is -0.372 e. The zero-order valence-corrected chi connectivity index (χ0v) is 12.1. The van der Waals surface area contributed by atoms with E-state index in [-0.39, 0.29) is 5.91 Å². The van der Waals surface area contributed by atoms with Crippen LogP contribution in [0.5, 0.6) is 0 Å². The lowest BCUT2D eigenvalue weighted by atomic mass is 10.1. The lowest BCUT2D eigenvalue weighted by Gasteiger charge is -2.21. The molecule has 0 aliphatic carbocycles. The predicted octanol–water partition coefficient (Wildman–Crippen LogP) is 2.89. The van der Waals surface area contributed by atoms with Crippen LogP contribution in [0.1, 0.15) is 30.6 Å². The molecule has 1 unspecified atom stereocenters. The van der Waals surface area contributed by atoms with Crippen molar-refractivity contribution >= 4 is 23.3 Å². The number of nitrogens with one attached hydrogen (secondary N) is 1. The molecule has 4 nitrogen and oxygen atoms in total. The maximum absolute atomic E-state index is 12.2. The summed E-state index contributed by atoms with van der Waals surface area (Å²) in [6.07, 6.45) is 2.60. The van der Waals surface area contributed by atoms with Crippen molar-refractivity contribution in [1.82, 2.24) is 9.88 Å². The second-order valence-electron chi connectivity index (χ2n) is 4.50. The van der Waals surface area contributed by atoms with Crippen LogP contribution < -0.4 is 5.32 Å². The molecule has 1 aromatic heterocycles. The molecule has 0 spiro atoms. The molecule has 0 radical (unpaired) electrons. The first kappa shape index (κ1) is 14.8. The largest absolute Gasteiger partial charge is 0.372 e. The maximum atomic E-state index is 12.2. The predicted molar refractivity (Wildman–Crippen MR) is 75.2 cm³/mol. The highest BCUT2D eigenvalue weighted by Crippen LogP contribution is 2.20. The van der Waals surface area contributed by atoms with E-state index in [4.69, 9.17) is 11.6 Å². The molecule has 0 aliphatic heterocycles. The molecule has 0 saturated heterocycles. The van der Waals surface area contributed by atoms with Gasteiger partial charge < -0.3 is 10.2 Å². The number of amides is 1. The first-order valence-corrected chi connectivity index (χ1v) is 6.46. The third-order valence-electron chi connectivity index (χ3n) is 2.95. The van der Waals surface area contributed by atoms with E-state index in [0.717, 1.165) is 13.0 Å². The monoisotopic (exact) mass is 269 g/mol. The molecule has 100 valence electrons. The third-order valence-corrected chi connectivity index (χ3v) is 3.24. The van der Waals surface area contributed by atoms with Gasteiger partial charge in [-0.2, -0.15) is 0 Å². The Bertz CT molecular complexity index is 423. The van der Waals surface area contributed by atoms with Crippen molar-refractivity contribution < 1.29 is 4.79 Å². The van der Waals surface area contributed by atoms with Crippen LogP contribution in [0.4, 0.5) is 5.82 Å². The second kappa shape index (κ2) is 6.59. The number of halogens is 1. The number of aromatic nitrogens is 1. The summed E-state index contributed by atoms with van der Waals surface area (Å²) in [6.45, 7) is 4.98. The second-order valence-corrected chi connectivity index (χ2v) is 4.91. The molecule has 18 heavy (non-hydrogen) atoms. The Kier molecular flexibility index (Phi) is 5.41. The maximum Gasteiger partial charge on any atom is 0.255 e. The molecule has 1 amide bonds. The van der Waals surface area contributed by atoms with Crippen LogP contribution in [0.2, 0.25) is 5.02 Å². The zero-order chi connectivity index (χ0) is 13.7. The van der Waals surface area contributed by atoms with Crippen molar-refractivity contribution in [1.29, 1.82) is 0 Å². The smallest absolute Gasteiger partial charge is 0.255 e. The minimum atomic E-state index is -0.0487. The van der Waals surface area contributed by atoms with Gasteiger partial charge in [0.25, 0.3) is 5.91 Å². The van der Waals surface area contributed by atoms with Crippen molar-refractivity contribution in [3.63, 3.8) is 0 Å². The number of hydrogen-bond acceptors (Lipinski definition) is 3. The molecule has 0 aromatic carbocycles. The van der Waals surface area contributed by atoms with Crippen molar-refractivity contribution in [3.05, 3.63) is 22.8 Å². The SMILES string of the molecule is CCC(C)CN(C)C(=O)c1cnc(NC)c(Cl)c1. The van der Waals surface area contributed by atoms with Crippen molar-refractivity contribution in [2.45, 2.75) is 20.3 Å². The first-order chi connectivity index (χ1) is 8.49. The van der Waals surface area contributed by atoms with Crippen LogP contribution in [0.3, 0.4) is 0 Å². The fourth-order valence-electron chi connectivity index (χ4n) is 1.64. The van der Waals surface area contributed by atoms with Gasteiger partial charge in [0.1, 0.15) is 5.82 Å². The van der Waals surface area contributed by atoms with Crippen LogP contribution in [0.15, 0.2) is 12.3 Å². The van der Waals surface area contributed by atoms with Crippen LogP contribution in [0.25, 0.3) is 0 Å². The molecule has 1 rings (SSSR count). The lowest BCUT2D eigenvalue weighted by Crippen LogP contribution is -2.31. The lowest BCUT2D eigenvalue weighted by molar-refractivity contribution is 0.0774. The van der Waals surface area contributed by atoms with Crippen LogP contribution >= 0.6 is 11.6 Å². The van der Waals surface area contributed by atoms with Crippen molar-refractivity contribution in [2.75, 3.05) is 26.0 Å². The minimum absolute atomic E-state index is 0.0487. The van der Waals surface area contributed by atoms with Gasteiger partial charge in [-0.3, -0.25) is 4.79 Å². The Hall–Kier alpha value is -1.29. The van der Waals surface area contributed by atoms with Gasteiger partial charge >= 0.3 is 0 Å². The average molecular weight is 270 g/mol. The summed E-state index contributed by atoms with van der Waals surface area (Å²) in [7, 11) is 3.54. The molecule has 0 aliphatic rings. The summed E-state index contributed by atoms with van der Waals surface area (Å²) >= 11 is 6.02. The number of pyridine rings is 1. The average Bonchev–Trinajstić information content (AvgIpc) is 2.37. The van der Waals surface area contributed by atoms with Gasteiger partial charge in [0.2, 0.25) is 0 Å². The van der Waals surface area contributed by atoms with Crippen LogP contribution in [-0.4, -0.2) is 36.4 Å². The Morgan fingerprint density at radius 2 is 2.28 bits per heavy atom. The summed E-state index contributed by atoms with van der Waals surface area (Å²) in [5.41, 5.74) is 0.518. The fourth-order valence-corrected chi connectivity index (χ4v) is 1.90. The van der Waals surface area contributed by atoms with E-state index in [2.05, 4.69) is 24.1 Å². The molecule has 5 heteroatoms. The zero-order valence-electron chi connectivity index (χ0n) is 11.3. The summed E-state index contributed by atoms with van der Waals surface area (Å²) in [5.74, 6) is 1.02. The molecule has 0 fully saturated rings. The van der Waals surface area contributed by atoms with Crippen molar-refractivity contribution in [3.8, 4) is 0 Å². The van der Waals surface area contributed by atoms with Gasteiger partial charge in [0.15, 0.2) is 0 Å². The Morgan fingerprint density at radius 3 is 2.78 bits per heavy atom. The Labute approximate surface area is 113 Å². The highest BCUT2D eigenvalue weighted by atomic mass is 35.5. The number of carbonyl (C=O) groups is 1. The van der Waals surface area contributed by atoms with E-state index < -0.39 is 0 Å². The first-order valence-electron chi connectivity index (χ1n) is 6.08. The molecule has 1 N–H and O–H groups in total.